The van der Waals surface area contributed by atoms with E-state index < -0.39 is 106 Å². The molecule has 3 saturated heterocycles. The lowest BCUT2D eigenvalue weighted by molar-refractivity contribution is -0.362. The third-order valence-corrected chi connectivity index (χ3v) is 6.43. The molecule has 35 heavy (non-hydrogen) atoms. The predicted molar refractivity (Wildman–Crippen MR) is 109 cm³/mol. The molecule has 3 rings (SSSR count). The molecule has 14 atom stereocenters. The van der Waals surface area contributed by atoms with Gasteiger partial charge in [0, 0.05) is 20.6 Å². The fourth-order valence-electron chi connectivity index (χ4n) is 4.52. The minimum Gasteiger partial charge on any atom is -0.394 e. The van der Waals surface area contributed by atoms with Crippen molar-refractivity contribution < 1.29 is 74.0 Å². The highest BCUT2D eigenvalue weighted by Gasteiger charge is 2.51. The Balaban J connectivity index is 1.66. The smallest absolute Gasteiger partial charge is 0.187 e. The average Bonchev–Trinajstić information content (AvgIpc) is 2.85. The first-order valence-corrected chi connectivity index (χ1v) is 11.3. The van der Waals surface area contributed by atoms with Gasteiger partial charge in [0.2, 0.25) is 0 Å². The van der Waals surface area contributed by atoms with Crippen LogP contribution in [0.5, 0.6) is 0 Å². The Morgan fingerprint density at radius 2 is 1.11 bits per heavy atom. The lowest BCUT2D eigenvalue weighted by atomic mass is 9.97. The van der Waals surface area contributed by atoms with Crippen molar-refractivity contribution in [2.24, 2.45) is 0 Å². The third-order valence-electron chi connectivity index (χ3n) is 6.43. The first-order valence-electron chi connectivity index (χ1n) is 11.3. The second-order valence-electron chi connectivity index (χ2n) is 8.64. The van der Waals surface area contributed by atoms with E-state index in [9.17, 15) is 40.9 Å². The molecular formula is C20H36O15. The second-order valence-corrected chi connectivity index (χ2v) is 8.64. The number of aliphatic hydroxyl groups excluding tert-OH is 8. The van der Waals surface area contributed by atoms with Crippen LogP contribution in [-0.2, 0) is 33.2 Å². The summed E-state index contributed by atoms with van der Waals surface area (Å²) in [5.74, 6) is 0. The van der Waals surface area contributed by atoms with Crippen molar-refractivity contribution in [1.29, 1.82) is 0 Å². The van der Waals surface area contributed by atoms with Crippen LogP contribution in [0.1, 0.15) is 6.42 Å². The Morgan fingerprint density at radius 1 is 0.600 bits per heavy atom. The van der Waals surface area contributed by atoms with E-state index in [0.717, 1.165) is 0 Å². The number of ether oxygens (including phenoxy) is 7. The molecule has 15 heteroatoms. The van der Waals surface area contributed by atoms with E-state index in [-0.39, 0.29) is 6.42 Å². The normalized spacial score (nSPS) is 49.2. The van der Waals surface area contributed by atoms with E-state index >= 15 is 0 Å². The lowest BCUT2D eigenvalue weighted by Gasteiger charge is -2.46. The maximum absolute atomic E-state index is 10.7. The molecule has 0 aromatic carbocycles. The largest absolute Gasteiger partial charge is 0.394 e. The fraction of sp³-hybridized carbons (Fsp3) is 1.00. The van der Waals surface area contributed by atoms with Gasteiger partial charge in [-0.2, -0.15) is 0 Å². The standard InChI is InChI=1S/C20H36O15/c1-29-17-9(5-22)33-20(15(28)12(17)25)35-16-7(24)3-11(31-8(16)4-21)34-18-10(6-23)32-19(30-2)14(27)13(18)26/h7-28H,3-6H2,1-2H3/t7-,8-,9+,10+,11?,12+,13+,14+,15+,16?,17+,18?,19-,20?/m0/s1. The monoisotopic (exact) mass is 516 g/mol. The summed E-state index contributed by atoms with van der Waals surface area (Å²) < 4.78 is 37.8. The maximum Gasteiger partial charge on any atom is 0.187 e. The van der Waals surface area contributed by atoms with Gasteiger partial charge in [0.05, 0.1) is 25.9 Å². The van der Waals surface area contributed by atoms with Crippen LogP contribution in [0.4, 0.5) is 0 Å². The lowest BCUT2D eigenvalue weighted by Crippen LogP contribution is -2.63. The molecule has 0 saturated carbocycles. The molecule has 0 aliphatic carbocycles. The maximum atomic E-state index is 10.7. The number of methoxy groups -OCH3 is 2. The molecule has 3 fully saturated rings. The van der Waals surface area contributed by atoms with Crippen LogP contribution < -0.4 is 0 Å². The molecule has 0 bridgehead atoms. The molecule has 0 spiro atoms. The highest BCUT2D eigenvalue weighted by Crippen LogP contribution is 2.32. The SMILES string of the molecule is CO[C@H]1O[C@H](CO)C(OC2C[C@H](O)C(OC3O[C@H](CO)[C@@H](OC)[C@H](O)[C@H]3O)[C@H](CO)O2)[C@H](O)[C@H]1O. The van der Waals surface area contributed by atoms with Crippen molar-refractivity contribution in [2.75, 3.05) is 34.0 Å². The van der Waals surface area contributed by atoms with Crippen molar-refractivity contribution in [3.8, 4) is 0 Å². The Hall–Kier alpha value is -0.600. The van der Waals surface area contributed by atoms with Gasteiger partial charge in [-0.3, -0.25) is 0 Å². The van der Waals surface area contributed by atoms with Gasteiger partial charge in [0.25, 0.3) is 0 Å². The molecule has 3 aliphatic heterocycles. The van der Waals surface area contributed by atoms with Gasteiger partial charge in [-0.05, 0) is 0 Å². The zero-order valence-electron chi connectivity index (χ0n) is 19.3. The topological polar surface area (TPSA) is 226 Å². The summed E-state index contributed by atoms with van der Waals surface area (Å²) in [6.45, 7) is -1.77. The summed E-state index contributed by atoms with van der Waals surface area (Å²) in [5, 5.41) is 80.9. The van der Waals surface area contributed by atoms with Crippen LogP contribution in [0.25, 0.3) is 0 Å². The first-order chi connectivity index (χ1) is 16.7. The zero-order valence-corrected chi connectivity index (χ0v) is 19.3. The van der Waals surface area contributed by atoms with Crippen molar-refractivity contribution in [2.45, 2.75) is 92.4 Å². The molecule has 15 nitrogen and oxygen atoms in total. The first kappa shape index (κ1) is 29.0. The summed E-state index contributed by atoms with van der Waals surface area (Å²) >= 11 is 0. The van der Waals surface area contributed by atoms with Crippen LogP contribution in [0, 0.1) is 0 Å². The molecule has 4 unspecified atom stereocenters. The minimum atomic E-state index is -1.60. The van der Waals surface area contributed by atoms with Gasteiger partial charge in [-0.25, -0.2) is 0 Å². The Kier molecular flexibility index (Phi) is 10.6. The highest BCUT2D eigenvalue weighted by molar-refractivity contribution is 4.94. The fourth-order valence-corrected chi connectivity index (χ4v) is 4.52. The molecule has 0 radical (unpaired) electrons. The molecule has 3 heterocycles. The highest BCUT2D eigenvalue weighted by atomic mass is 16.8. The van der Waals surface area contributed by atoms with E-state index in [4.69, 9.17) is 33.2 Å². The van der Waals surface area contributed by atoms with E-state index in [0.29, 0.717) is 0 Å². The third kappa shape index (κ3) is 6.11. The number of hydrogen-bond acceptors (Lipinski definition) is 15. The minimum absolute atomic E-state index is 0.234. The van der Waals surface area contributed by atoms with Crippen LogP contribution in [0.2, 0.25) is 0 Å². The van der Waals surface area contributed by atoms with Crippen molar-refractivity contribution in [3.63, 3.8) is 0 Å². The summed E-state index contributed by atoms with van der Waals surface area (Å²) in [7, 11) is 2.53. The molecular weight excluding hydrogens is 480 g/mol. The van der Waals surface area contributed by atoms with Crippen molar-refractivity contribution >= 4 is 0 Å². The van der Waals surface area contributed by atoms with Gasteiger partial charge in [-0.15, -0.1) is 0 Å². The Labute approximate surface area is 201 Å². The van der Waals surface area contributed by atoms with E-state index in [1.165, 1.54) is 14.2 Å². The van der Waals surface area contributed by atoms with Crippen LogP contribution >= 0.6 is 0 Å². The van der Waals surface area contributed by atoms with Crippen LogP contribution in [-0.4, -0.2) is 161 Å². The number of hydrogen-bond donors (Lipinski definition) is 8. The summed E-state index contributed by atoms with van der Waals surface area (Å²) in [6.07, 6.45) is -18.4. The van der Waals surface area contributed by atoms with Crippen molar-refractivity contribution in [1.82, 2.24) is 0 Å². The zero-order chi connectivity index (χ0) is 25.9. The summed E-state index contributed by atoms with van der Waals surface area (Å²) in [4.78, 5) is 0. The molecule has 206 valence electrons. The Morgan fingerprint density at radius 3 is 1.69 bits per heavy atom. The van der Waals surface area contributed by atoms with Gasteiger partial charge in [-0.1, -0.05) is 0 Å². The van der Waals surface area contributed by atoms with Crippen LogP contribution in [0.3, 0.4) is 0 Å². The van der Waals surface area contributed by atoms with Crippen molar-refractivity contribution in [3.05, 3.63) is 0 Å². The van der Waals surface area contributed by atoms with E-state index in [1.807, 2.05) is 0 Å². The predicted octanol–water partition coefficient (Wildman–Crippen LogP) is -5.24. The second kappa shape index (κ2) is 12.8. The van der Waals surface area contributed by atoms with Gasteiger partial charge in [0.1, 0.15) is 61.0 Å². The van der Waals surface area contributed by atoms with Gasteiger partial charge < -0.3 is 74.0 Å². The quantitative estimate of drug-likeness (QED) is 0.143. The van der Waals surface area contributed by atoms with Gasteiger partial charge in [0.15, 0.2) is 18.9 Å². The molecule has 0 aromatic heterocycles. The summed E-state index contributed by atoms with van der Waals surface area (Å²) in [6, 6.07) is 0. The van der Waals surface area contributed by atoms with E-state index in [1.54, 1.807) is 0 Å². The molecule has 0 aromatic rings. The van der Waals surface area contributed by atoms with Crippen LogP contribution in [0.15, 0.2) is 0 Å². The number of aliphatic hydroxyl groups is 8. The number of rotatable bonds is 9. The molecule has 3 aliphatic rings. The summed E-state index contributed by atoms with van der Waals surface area (Å²) in [5.41, 5.74) is 0. The van der Waals surface area contributed by atoms with E-state index in [2.05, 4.69) is 0 Å². The average molecular weight is 516 g/mol. The molecule has 8 N–H and O–H groups in total. The Bertz CT molecular complexity index is 638. The van der Waals surface area contributed by atoms with Gasteiger partial charge >= 0.3 is 0 Å². The molecule has 0 amide bonds.